The van der Waals surface area contributed by atoms with E-state index in [1.807, 2.05) is 0 Å². The lowest BCUT2D eigenvalue weighted by atomic mass is 9.79. The number of rotatable bonds is 5. The Hall–Kier alpha value is -1.25. The molecule has 1 saturated carbocycles. The summed E-state index contributed by atoms with van der Waals surface area (Å²) >= 11 is 1.01. The number of hydrogen-bond donors (Lipinski definition) is 1. The molecule has 0 spiro atoms. The standard InChI is InChI=1S/C15H24N4O3S/c20-13(10-19-14(21)23-12-17-19)16-11-15(4-2-1-3-5-15)18-6-8-22-9-7-18/h12H,1-11H2,(H,16,20). The normalized spacial score (nSPS) is 21.9. The highest BCUT2D eigenvalue weighted by Gasteiger charge is 2.38. The number of carbonyl (C=O) groups excluding carboxylic acids is 1. The highest BCUT2D eigenvalue weighted by atomic mass is 32.1. The summed E-state index contributed by atoms with van der Waals surface area (Å²) in [5.74, 6) is -0.142. The second-order valence-electron chi connectivity index (χ2n) is 6.32. The Kier molecular flexibility index (Phi) is 5.45. The van der Waals surface area contributed by atoms with E-state index in [0.717, 1.165) is 50.5 Å². The number of carbonyl (C=O) groups is 1. The van der Waals surface area contributed by atoms with E-state index in [1.165, 1.54) is 29.5 Å². The molecule has 3 rings (SSSR count). The maximum atomic E-state index is 12.2. The van der Waals surface area contributed by atoms with Gasteiger partial charge in [0, 0.05) is 25.2 Å². The first-order valence-corrected chi connectivity index (χ1v) is 9.18. The minimum atomic E-state index is -0.194. The van der Waals surface area contributed by atoms with Crippen LogP contribution < -0.4 is 10.2 Å². The van der Waals surface area contributed by atoms with Gasteiger partial charge in [0.1, 0.15) is 12.1 Å². The molecule has 1 amide bonds. The Balaban J connectivity index is 1.60. The number of hydrogen-bond acceptors (Lipinski definition) is 6. The molecule has 2 heterocycles. The molecule has 8 heteroatoms. The van der Waals surface area contributed by atoms with Crippen molar-refractivity contribution in [2.45, 2.75) is 44.2 Å². The number of aromatic nitrogens is 2. The van der Waals surface area contributed by atoms with Crippen LogP contribution in [0.5, 0.6) is 0 Å². The molecule has 0 aromatic carbocycles. The topological polar surface area (TPSA) is 76.5 Å². The summed E-state index contributed by atoms with van der Waals surface area (Å²) in [6, 6.07) is 0. The number of amides is 1. The van der Waals surface area contributed by atoms with Crippen molar-refractivity contribution in [2.75, 3.05) is 32.8 Å². The molecular formula is C15H24N4O3S. The van der Waals surface area contributed by atoms with Crippen LogP contribution in [-0.4, -0.2) is 59.0 Å². The van der Waals surface area contributed by atoms with Crippen molar-refractivity contribution in [1.82, 2.24) is 20.0 Å². The van der Waals surface area contributed by atoms with Gasteiger partial charge in [-0.25, -0.2) is 4.68 Å². The molecule has 23 heavy (non-hydrogen) atoms. The van der Waals surface area contributed by atoms with Crippen LogP contribution in [0.25, 0.3) is 0 Å². The van der Waals surface area contributed by atoms with E-state index in [9.17, 15) is 9.59 Å². The van der Waals surface area contributed by atoms with Crippen LogP contribution in [0.4, 0.5) is 0 Å². The van der Waals surface area contributed by atoms with Crippen molar-refractivity contribution in [2.24, 2.45) is 0 Å². The van der Waals surface area contributed by atoms with Gasteiger partial charge in [0.25, 0.3) is 0 Å². The first-order valence-electron chi connectivity index (χ1n) is 8.30. The quantitative estimate of drug-likeness (QED) is 0.842. The maximum absolute atomic E-state index is 12.2. The molecule has 128 valence electrons. The molecule has 1 saturated heterocycles. The first-order chi connectivity index (χ1) is 11.2. The zero-order chi connectivity index (χ0) is 16.1. The van der Waals surface area contributed by atoms with Crippen LogP contribution in [-0.2, 0) is 16.1 Å². The highest BCUT2D eigenvalue weighted by molar-refractivity contribution is 7.06. The summed E-state index contributed by atoms with van der Waals surface area (Å²) in [7, 11) is 0. The molecular weight excluding hydrogens is 316 g/mol. The van der Waals surface area contributed by atoms with Crippen molar-refractivity contribution in [3.63, 3.8) is 0 Å². The molecule has 0 atom stereocenters. The van der Waals surface area contributed by atoms with Crippen LogP contribution in [0, 0.1) is 0 Å². The smallest absolute Gasteiger partial charge is 0.325 e. The van der Waals surface area contributed by atoms with E-state index in [0.29, 0.717) is 6.54 Å². The molecule has 2 fully saturated rings. The van der Waals surface area contributed by atoms with Crippen LogP contribution in [0.1, 0.15) is 32.1 Å². The molecule has 0 unspecified atom stereocenters. The highest BCUT2D eigenvalue weighted by Crippen LogP contribution is 2.33. The lowest BCUT2D eigenvalue weighted by molar-refractivity contribution is -0.123. The summed E-state index contributed by atoms with van der Waals surface area (Å²) in [4.78, 5) is 26.0. The van der Waals surface area contributed by atoms with Gasteiger partial charge in [-0.2, -0.15) is 5.10 Å². The van der Waals surface area contributed by atoms with Crippen LogP contribution in [0.3, 0.4) is 0 Å². The number of nitrogens with zero attached hydrogens (tertiary/aromatic N) is 3. The fraction of sp³-hybridized carbons (Fsp3) is 0.800. The molecule has 1 aliphatic heterocycles. The van der Waals surface area contributed by atoms with Gasteiger partial charge in [0.05, 0.1) is 13.2 Å². The summed E-state index contributed by atoms with van der Waals surface area (Å²) in [5.41, 5.74) is 1.51. The average molecular weight is 340 g/mol. The number of ether oxygens (including phenoxy) is 1. The second-order valence-corrected chi connectivity index (χ2v) is 7.12. The zero-order valence-electron chi connectivity index (χ0n) is 13.3. The fourth-order valence-corrected chi connectivity index (χ4v) is 4.13. The van der Waals surface area contributed by atoms with E-state index >= 15 is 0 Å². The molecule has 1 aromatic heterocycles. The number of morpholine rings is 1. The molecule has 1 N–H and O–H groups in total. The lowest BCUT2D eigenvalue weighted by Gasteiger charge is -2.48. The van der Waals surface area contributed by atoms with Crippen molar-refractivity contribution < 1.29 is 9.53 Å². The molecule has 1 aromatic rings. The second kappa shape index (κ2) is 7.55. The Bertz CT molecular complexity index is 573. The van der Waals surface area contributed by atoms with Gasteiger partial charge in [-0.3, -0.25) is 14.5 Å². The largest absolute Gasteiger partial charge is 0.379 e. The Morgan fingerprint density at radius 1 is 1.30 bits per heavy atom. The molecule has 0 bridgehead atoms. The monoisotopic (exact) mass is 340 g/mol. The minimum absolute atomic E-state index is 0.00151. The van der Waals surface area contributed by atoms with Gasteiger partial charge in [0.15, 0.2) is 0 Å². The van der Waals surface area contributed by atoms with Gasteiger partial charge < -0.3 is 10.1 Å². The minimum Gasteiger partial charge on any atom is -0.379 e. The Labute approximate surface area is 139 Å². The fourth-order valence-electron chi connectivity index (χ4n) is 3.65. The van der Waals surface area contributed by atoms with Crippen molar-refractivity contribution in [3.8, 4) is 0 Å². The summed E-state index contributed by atoms with van der Waals surface area (Å²) in [5, 5.41) is 6.93. The zero-order valence-corrected chi connectivity index (χ0v) is 14.1. The van der Waals surface area contributed by atoms with Crippen LogP contribution >= 0.6 is 11.3 Å². The van der Waals surface area contributed by atoms with Crippen molar-refractivity contribution >= 4 is 17.2 Å². The van der Waals surface area contributed by atoms with Crippen LogP contribution in [0.2, 0.25) is 0 Å². The number of nitrogens with one attached hydrogen (secondary N) is 1. The summed E-state index contributed by atoms with van der Waals surface area (Å²) < 4.78 is 6.68. The van der Waals surface area contributed by atoms with E-state index in [-0.39, 0.29) is 22.9 Å². The van der Waals surface area contributed by atoms with E-state index < -0.39 is 0 Å². The van der Waals surface area contributed by atoms with E-state index in [2.05, 4.69) is 15.3 Å². The van der Waals surface area contributed by atoms with Gasteiger partial charge in [-0.05, 0) is 12.8 Å². The third kappa shape index (κ3) is 3.99. The van der Waals surface area contributed by atoms with Crippen molar-refractivity contribution in [1.29, 1.82) is 0 Å². The first kappa shape index (κ1) is 16.6. The Morgan fingerprint density at radius 2 is 2.04 bits per heavy atom. The maximum Gasteiger partial charge on any atom is 0.325 e. The molecule has 2 aliphatic rings. The summed E-state index contributed by atoms with van der Waals surface area (Å²) in [6.45, 7) is 4.04. The van der Waals surface area contributed by atoms with Crippen molar-refractivity contribution in [3.05, 3.63) is 15.2 Å². The molecule has 0 radical (unpaired) electrons. The van der Waals surface area contributed by atoms with Gasteiger partial charge in [0.2, 0.25) is 5.91 Å². The van der Waals surface area contributed by atoms with Crippen LogP contribution in [0.15, 0.2) is 10.3 Å². The van der Waals surface area contributed by atoms with E-state index in [4.69, 9.17) is 4.74 Å². The van der Waals surface area contributed by atoms with Gasteiger partial charge >= 0.3 is 4.87 Å². The lowest BCUT2D eigenvalue weighted by Crippen LogP contribution is -2.59. The van der Waals surface area contributed by atoms with E-state index in [1.54, 1.807) is 0 Å². The third-order valence-corrected chi connectivity index (χ3v) is 5.54. The third-order valence-electron chi connectivity index (χ3n) is 4.92. The van der Waals surface area contributed by atoms with Gasteiger partial charge in [-0.15, -0.1) is 0 Å². The molecule has 1 aliphatic carbocycles. The van der Waals surface area contributed by atoms with Gasteiger partial charge in [-0.1, -0.05) is 30.6 Å². The summed E-state index contributed by atoms with van der Waals surface area (Å²) in [6.07, 6.45) is 5.92. The predicted molar refractivity (Wildman–Crippen MR) is 87.6 cm³/mol. The predicted octanol–water partition coefficient (Wildman–Crippen LogP) is 0.456. The Morgan fingerprint density at radius 3 is 2.70 bits per heavy atom. The SMILES string of the molecule is O=C(Cn1ncsc1=O)NCC1(N2CCOCC2)CCCCC1. The average Bonchev–Trinajstić information content (AvgIpc) is 2.99. The molecule has 7 nitrogen and oxygen atoms in total.